The van der Waals surface area contributed by atoms with Crippen LogP contribution in [0.1, 0.15) is 13.8 Å². The standard InChI is InChI=1S/C25H23N5O5/c1-3-33-20-10-9-15(11-21(20)34-4-2)19-12-23(35-29-19)28-22(31)14-30-25(32)24-17(13-26-30)16-7-5-6-8-18(16)27-24/h5-13,27H,3-4,14H2,1-2H3,(H,28,31). The van der Waals surface area contributed by atoms with E-state index in [1.54, 1.807) is 24.4 Å². The summed E-state index contributed by atoms with van der Waals surface area (Å²) in [7, 11) is 0. The first-order valence-electron chi connectivity index (χ1n) is 11.2. The first-order chi connectivity index (χ1) is 17.1. The Bertz CT molecular complexity index is 1580. The molecule has 2 aromatic carbocycles. The predicted octanol–water partition coefficient (Wildman–Crippen LogP) is 3.97. The number of fused-ring (bicyclic) bond motifs is 3. The Morgan fingerprint density at radius 1 is 1.06 bits per heavy atom. The number of para-hydroxylation sites is 1. The van der Waals surface area contributed by atoms with E-state index in [9.17, 15) is 9.59 Å². The van der Waals surface area contributed by atoms with Crippen LogP contribution in [0.3, 0.4) is 0 Å². The van der Waals surface area contributed by atoms with E-state index in [-0.39, 0.29) is 18.0 Å². The lowest BCUT2D eigenvalue weighted by atomic mass is 10.1. The van der Waals surface area contributed by atoms with Crippen molar-refractivity contribution in [1.82, 2.24) is 19.9 Å². The van der Waals surface area contributed by atoms with E-state index in [2.05, 4.69) is 20.6 Å². The van der Waals surface area contributed by atoms with Crippen LogP contribution in [0.2, 0.25) is 0 Å². The van der Waals surface area contributed by atoms with Crippen molar-refractivity contribution in [1.29, 1.82) is 0 Å². The Balaban J connectivity index is 1.33. The molecule has 3 aromatic heterocycles. The third kappa shape index (κ3) is 4.33. The molecule has 0 spiro atoms. The van der Waals surface area contributed by atoms with E-state index in [0.29, 0.717) is 41.3 Å². The van der Waals surface area contributed by atoms with Crippen LogP contribution in [0.4, 0.5) is 5.88 Å². The average molecular weight is 473 g/mol. The van der Waals surface area contributed by atoms with Gasteiger partial charge in [0.1, 0.15) is 17.8 Å². The number of hydrogen-bond donors (Lipinski definition) is 2. The summed E-state index contributed by atoms with van der Waals surface area (Å²) in [6, 6.07) is 14.6. The molecule has 0 aliphatic carbocycles. The molecule has 1 amide bonds. The molecule has 0 unspecified atom stereocenters. The van der Waals surface area contributed by atoms with Crippen LogP contribution >= 0.6 is 0 Å². The fraction of sp³-hybridized carbons (Fsp3) is 0.200. The van der Waals surface area contributed by atoms with Gasteiger partial charge in [-0.2, -0.15) is 5.10 Å². The maximum Gasteiger partial charge on any atom is 0.291 e. The molecule has 5 aromatic rings. The van der Waals surface area contributed by atoms with Crippen molar-refractivity contribution in [3.05, 3.63) is 65.1 Å². The van der Waals surface area contributed by atoms with Gasteiger partial charge in [-0.05, 0) is 38.1 Å². The summed E-state index contributed by atoms with van der Waals surface area (Å²) in [6.45, 7) is 4.52. The zero-order chi connectivity index (χ0) is 24.4. The summed E-state index contributed by atoms with van der Waals surface area (Å²) < 4.78 is 17.6. The van der Waals surface area contributed by atoms with Crippen molar-refractivity contribution in [2.75, 3.05) is 18.5 Å². The van der Waals surface area contributed by atoms with Gasteiger partial charge in [-0.25, -0.2) is 4.68 Å². The highest BCUT2D eigenvalue weighted by Crippen LogP contribution is 2.33. The summed E-state index contributed by atoms with van der Waals surface area (Å²) in [6.07, 6.45) is 1.58. The zero-order valence-electron chi connectivity index (χ0n) is 19.2. The molecule has 0 saturated heterocycles. The number of nitrogens with zero attached hydrogens (tertiary/aromatic N) is 3. The molecule has 10 nitrogen and oxygen atoms in total. The number of carbonyl (C=O) groups excluding carboxylic acids is 1. The number of nitrogens with one attached hydrogen (secondary N) is 2. The van der Waals surface area contributed by atoms with E-state index >= 15 is 0 Å². The lowest BCUT2D eigenvalue weighted by Crippen LogP contribution is -2.29. The lowest BCUT2D eigenvalue weighted by molar-refractivity contribution is -0.117. The third-order valence-electron chi connectivity index (χ3n) is 5.43. The summed E-state index contributed by atoms with van der Waals surface area (Å²) in [5.74, 6) is 0.911. The smallest absolute Gasteiger partial charge is 0.291 e. The van der Waals surface area contributed by atoms with Crippen LogP contribution < -0.4 is 20.3 Å². The van der Waals surface area contributed by atoms with Crippen molar-refractivity contribution < 1.29 is 18.8 Å². The average Bonchev–Trinajstić information content (AvgIpc) is 3.47. The van der Waals surface area contributed by atoms with E-state index in [4.69, 9.17) is 14.0 Å². The Hall–Kier alpha value is -4.60. The minimum absolute atomic E-state index is 0.150. The number of aromatic amines is 1. The van der Waals surface area contributed by atoms with Gasteiger partial charge in [0.15, 0.2) is 11.5 Å². The fourth-order valence-electron chi connectivity index (χ4n) is 3.88. The molecule has 2 N–H and O–H groups in total. The highest BCUT2D eigenvalue weighted by atomic mass is 16.5. The maximum atomic E-state index is 12.9. The van der Waals surface area contributed by atoms with Gasteiger partial charge in [0.25, 0.3) is 5.56 Å². The van der Waals surface area contributed by atoms with Gasteiger partial charge >= 0.3 is 0 Å². The van der Waals surface area contributed by atoms with Crippen molar-refractivity contribution >= 4 is 33.6 Å². The van der Waals surface area contributed by atoms with E-state index < -0.39 is 5.91 Å². The van der Waals surface area contributed by atoms with Crippen LogP contribution in [0.15, 0.2) is 64.0 Å². The van der Waals surface area contributed by atoms with Crippen molar-refractivity contribution in [3.8, 4) is 22.8 Å². The molecule has 3 heterocycles. The summed E-state index contributed by atoms with van der Waals surface area (Å²) in [5.41, 5.74) is 2.10. The minimum Gasteiger partial charge on any atom is -0.490 e. The highest BCUT2D eigenvalue weighted by molar-refractivity contribution is 6.06. The van der Waals surface area contributed by atoms with Crippen LogP contribution in [0.25, 0.3) is 33.1 Å². The largest absolute Gasteiger partial charge is 0.490 e. The summed E-state index contributed by atoms with van der Waals surface area (Å²) in [4.78, 5) is 28.6. The van der Waals surface area contributed by atoms with Crippen molar-refractivity contribution in [2.45, 2.75) is 20.4 Å². The Labute approximate surface area is 199 Å². The van der Waals surface area contributed by atoms with Gasteiger partial charge in [-0.15, -0.1) is 0 Å². The Morgan fingerprint density at radius 3 is 2.69 bits per heavy atom. The van der Waals surface area contributed by atoms with Crippen LogP contribution in [0, 0.1) is 0 Å². The molecule has 0 atom stereocenters. The van der Waals surface area contributed by atoms with Crippen LogP contribution in [-0.4, -0.2) is 39.0 Å². The van der Waals surface area contributed by atoms with Gasteiger partial charge in [0.05, 0.1) is 19.4 Å². The molecule has 178 valence electrons. The Kier molecular flexibility index (Phi) is 5.92. The fourth-order valence-corrected chi connectivity index (χ4v) is 3.88. The van der Waals surface area contributed by atoms with Gasteiger partial charge in [0.2, 0.25) is 11.8 Å². The molecule has 0 radical (unpaired) electrons. The molecule has 0 bridgehead atoms. The second-order valence-electron chi connectivity index (χ2n) is 7.72. The number of hydrogen-bond acceptors (Lipinski definition) is 7. The minimum atomic E-state index is -0.473. The van der Waals surface area contributed by atoms with Gasteiger partial charge in [-0.1, -0.05) is 23.4 Å². The third-order valence-corrected chi connectivity index (χ3v) is 5.43. The number of amides is 1. The molecule has 0 aliphatic rings. The molecule has 0 aliphatic heterocycles. The Morgan fingerprint density at radius 2 is 1.86 bits per heavy atom. The zero-order valence-corrected chi connectivity index (χ0v) is 19.2. The van der Waals surface area contributed by atoms with Crippen LogP contribution in [-0.2, 0) is 11.3 Å². The van der Waals surface area contributed by atoms with Gasteiger partial charge in [-0.3, -0.25) is 14.9 Å². The molecular weight excluding hydrogens is 450 g/mol. The molecule has 5 rings (SSSR count). The highest BCUT2D eigenvalue weighted by Gasteiger charge is 2.15. The normalized spacial score (nSPS) is 11.1. The topological polar surface area (TPSA) is 124 Å². The second-order valence-corrected chi connectivity index (χ2v) is 7.72. The second kappa shape index (κ2) is 9.34. The summed E-state index contributed by atoms with van der Waals surface area (Å²) in [5, 5.41) is 12.4. The molecule has 35 heavy (non-hydrogen) atoms. The molecule has 0 fully saturated rings. The van der Waals surface area contributed by atoms with E-state index in [1.165, 1.54) is 0 Å². The number of H-pyrrole nitrogens is 1. The number of carbonyl (C=O) groups is 1. The molecule has 10 heteroatoms. The van der Waals surface area contributed by atoms with Gasteiger partial charge in [0, 0.05) is 27.9 Å². The monoisotopic (exact) mass is 473 g/mol. The molecular formula is C25H23N5O5. The van der Waals surface area contributed by atoms with Crippen molar-refractivity contribution in [2.24, 2.45) is 0 Å². The van der Waals surface area contributed by atoms with Crippen molar-refractivity contribution in [3.63, 3.8) is 0 Å². The number of ether oxygens (including phenoxy) is 2. The predicted molar refractivity (Wildman–Crippen MR) is 131 cm³/mol. The first kappa shape index (κ1) is 22.2. The van der Waals surface area contributed by atoms with E-state index in [0.717, 1.165) is 21.1 Å². The lowest BCUT2D eigenvalue weighted by Gasteiger charge is -2.11. The first-order valence-corrected chi connectivity index (χ1v) is 11.2. The molecule has 0 saturated carbocycles. The quantitative estimate of drug-likeness (QED) is 0.349. The maximum absolute atomic E-state index is 12.9. The number of rotatable bonds is 8. The van der Waals surface area contributed by atoms with E-state index in [1.807, 2.05) is 44.2 Å². The number of benzene rings is 2. The number of aromatic nitrogens is 4. The SMILES string of the molecule is CCOc1ccc(-c2cc(NC(=O)Cn3ncc4c([nH]c5ccccc54)c3=O)on2)cc1OCC. The summed E-state index contributed by atoms with van der Waals surface area (Å²) >= 11 is 0. The van der Waals surface area contributed by atoms with Crippen LogP contribution in [0.5, 0.6) is 11.5 Å². The van der Waals surface area contributed by atoms with Gasteiger partial charge < -0.3 is 19.0 Å². The number of anilines is 1.